The number of phenols is 1. The molecule has 0 aromatic heterocycles. The molecular formula is C19H17BrNO6PS. The van der Waals surface area contributed by atoms with Crippen molar-refractivity contribution in [2.24, 2.45) is 0 Å². The van der Waals surface area contributed by atoms with Crippen LogP contribution in [-0.2, 0) is 24.7 Å². The molecule has 3 rings (SSSR count). The maximum Gasteiger partial charge on any atom is 0.323 e. The Bertz CT molecular complexity index is 1150. The van der Waals surface area contributed by atoms with Gasteiger partial charge in [-0.15, -0.1) is 0 Å². The molecule has 0 aliphatic carbocycles. The molecule has 2 atom stereocenters. The van der Waals surface area contributed by atoms with E-state index in [4.69, 9.17) is 9.63 Å². The smallest absolute Gasteiger partial charge is 0.323 e. The predicted octanol–water partition coefficient (Wildman–Crippen LogP) is 4.08. The van der Waals surface area contributed by atoms with E-state index >= 15 is 0 Å². The predicted molar refractivity (Wildman–Crippen MR) is 117 cm³/mol. The summed E-state index contributed by atoms with van der Waals surface area (Å²) in [6.45, 7) is 0. The summed E-state index contributed by atoms with van der Waals surface area (Å²) in [4.78, 5) is 10.9. The summed E-state index contributed by atoms with van der Waals surface area (Å²) in [5.74, 6) is -2.20. The molecule has 0 fully saturated rings. The normalized spacial score (nSPS) is 14.3. The number of hydrogen-bond acceptors (Lipinski definition) is 5. The number of carboxylic acid groups (broad SMARTS) is 1. The van der Waals surface area contributed by atoms with Crippen molar-refractivity contribution >= 4 is 62.0 Å². The van der Waals surface area contributed by atoms with Crippen molar-refractivity contribution < 1.29 is 28.3 Å². The van der Waals surface area contributed by atoms with Crippen LogP contribution in [0.5, 0.6) is 5.75 Å². The molecule has 3 aromatic carbocycles. The third kappa shape index (κ3) is 4.53. The van der Waals surface area contributed by atoms with E-state index in [0.29, 0.717) is 21.8 Å². The van der Waals surface area contributed by atoms with Crippen molar-refractivity contribution in [2.45, 2.75) is 4.90 Å². The van der Waals surface area contributed by atoms with Gasteiger partial charge in [-0.05, 0) is 30.3 Å². The third-order valence-corrected chi connectivity index (χ3v) is 8.04. The molecule has 0 saturated carbocycles. The highest BCUT2D eigenvalue weighted by Crippen LogP contribution is 2.48. The lowest BCUT2D eigenvalue weighted by atomic mass is 10.1. The monoisotopic (exact) mass is 497 g/mol. The van der Waals surface area contributed by atoms with Crippen LogP contribution in [0.1, 0.15) is 0 Å². The first-order valence-electron chi connectivity index (χ1n) is 8.30. The Kier molecular flexibility index (Phi) is 6.43. The number of anilines is 1. The van der Waals surface area contributed by atoms with E-state index in [9.17, 15) is 18.7 Å². The molecule has 152 valence electrons. The van der Waals surface area contributed by atoms with E-state index in [-0.39, 0.29) is 10.6 Å². The molecule has 0 aliphatic heterocycles. The molecule has 7 nitrogen and oxygen atoms in total. The maximum atomic E-state index is 13.5. The van der Waals surface area contributed by atoms with E-state index in [1.54, 1.807) is 48.5 Å². The quantitative estimate of drug-likeness (QED) is 0.333. The summed E-state index contributed by atoms with van der Waals surface area (Å²) >= 11 is 3.33. The Balaban J connectivity index is 2.16. The van der Waals surface area contributed by atoms with Gasteiger partial charge in [-0.1, -0.05) is 40.2 Å². The van der Waals surface area contributed by atoms with Gasteiger partial charge >= 0.3 is 13.5 Å². The number of carboxylic acids is 1. The number of phenolic OH excluding ortho intramolecular Hbond substituents is 1. The summed E-state index contributed by atoms with van der Waals surface area (Å²) in [7, 11) is -4.25. The molecule has 0 saturated heterocycles. The van der Waals surface area contributed by atoms with Crippen LogP contribution in [0.2, 0.25) is 0 Å². The standard InChI is InChI=1S/C19H17BrNO6PS/c1-27-28(25,13-8-6-12(20)7-9-13)21-16-10-17(29(26)11-18(22)23)19(24)15-5-3-2-4-14(15)16/h2-10,24H,11H2,1H3,(H,21,25)(H,22,23). The van der Waals surface area contributed by atoms with Gasteiger partial charge in [-0.3, -0.25) is 13.6 Å². The molecule has 0 aliphatic rings. The molecule has 2 unspecified atom stereocenters. The fourth-order valence-electron chi connectivity index (χ4n) is 2.80. The first-order chi connectivity index (χ1) is 13.7. The summed E-state index contributed by atoms with van der Waals surface area (Å²) in [5.41, 5.74) is 0.306. The van der Waals surface area contributed by atoms with Gasteiger partial charge in [-0.25, -0.2) is 0 Å². The van der Waals surface area contributed by atoms with Crippen LogP contribution < -0.4 is 10.4 Å². The van der Waals surface area contributed by atoms with Crippen LogP contribution in [0.3, 0.4) is 0 Å². The van der Waals surface area contributed by atoms with Gasteiger partial charge in [0.25, 0.3) is 0 Å². The van der Waals surface area contributed by atoms with E-state index < -0.39 is 30.0 Å². The lowest BCUT2D eigenvalue weighted by molar-refractivity contribution is -0.133. The summed E-state index contributed by atoms with van der Waals surface area (Å²) in [6.07, 6.45) is 0. The first-order valence-corrected chi connectivity index (χ1v) is 12.0. The van der Waals surface area contributed by atoms with Gasteiger partial charge in [0.1, 0.15) is 11.5 Å². The van der Waals surface area contributed by atoms with Crippen molar-refractivity contribution in [1.29, 1.82) is 0 Å². The highest BCUT2D eigenvalue weighted by atomic mass is 79.9. The number of rotatable bonds is 7. The number of halogens is 1. The molecule has 3 aromatic rings. The average Bonchev–Trinajstić information content (AvgIpc) is 2.70. The van der Waals surface area contributed by atoms with E-state index in [1.165, 1.54) is 13.2 Å². The minimum absolute atomic E-state index is 0.0629. The second-order valence-corrected chi connectivity index (χ2v) is 10.6. The van der Waals surface area contributed by atoms with Crippen LogP contribution in [0.15, 0.2) is 64.0 Å². The number of benzene rings is 3. The van der Waals surface area contributed by atoms with E-state index in [0.717, 1.165) is 4.47 Å². The molecular weight excluding hydrogens is 481 g/mol. The zero-order valence-electron chi connectivity index (χ0n) is 15.2. The van der Waals surface area contributed by atoms with Crippen LogP contribution in [0.4, 0.5) is 5.69 Å². The largest absolute Gasteiger partial charge is 0.506 e. The van der Waals surface area contributed by atoms with Crippen LogP contribution >= 0.6 is 23.4 Å². The van der Waals surface area contributed by atoms with E-state index in [2.05, 4.69) is 21.0 Å². The van der Waals surface area contributed by atoms with Crippen molar-refractivity contribution in [1.82, 2.24) is 0 Å². The van der Waals surface area contributed by atoms with Gasteiger partial charge in [0, 0.05) is 22.4 Å². The van der Waals surface area contributed by atoms with Crippen molar-refractivity contribution in [3.63, 3.8) is 0 Å². The van der Waals surface area contributed by atoms with Crippen molar-refractivity contribution in [3.05, 3.63) is 59.1 Å². The highest BCUT2D eigenvalue weighted by molar-refractivity contribution is 9.10. The minimum atomic E-state index is -3.56. The first kappa shape index (κ1) is 21.5. The van der Waals surface area contributed by atoms with Crippen molar-refractivity contribution in [3.8, 4) is 5.75 Å². The highest BCUT2D eigenvalue weighted by Gasteiger charge is 2.27. The molecule has 0 heterocycles. The molecule has 0 bridgehead atoms. The Labute approximate surface area is 177 Å². The Morgan fingerprint density at radius 2 is 1.79 bits per heavy atom. The maximum absolute atomic E-state index is 13.5. The van der Waals surface area contributed by atoms with Gasteiger partial charge in [0.2, 0.25) is 0 Å². The molecule has 29 heavy (non-hydrogen) atoms. The van der Waals surface area contributed by atoms with Gasteiger partial charge < -0.3 is 19.8 Å². The fraction of sp³-hybridized carbons (Fsp3) is 0.105. The second kappa shape index (κ2) is 8.67. The Morgan fingerprint density at radius 3 is 2.38 bits per heavy atom. The number of fused-ring (bicyclic) bond motifs is 1. The average molecular weight is 498 g/mol. The van der Waals surface area contributed by atoms with Crippen LogP contribution in [0.25, 0.3) is 10.8 Å². The van der Waals surface area contributed by atoms with Crippen molar-refractivity contribution in [2.75, 3.05) is 17.9 Å². The minimum Gasteiger partial charge on any atom is -0.506 e. The molecule has 0 amide bonds. The number of aliphatic carboxylic acids is 1. The second-order valence-electron chi connectivity index (χ2n) is 6.02. The molecule has 10 heteroatoms. The topological polar surface area (TPSA) is 113 Å². The molecule has 0 spiro atoms. The van der Waals surface area contributed by atoms with Crippen LogP contribution in [-0.4, -0.2) is 33.3 Å². The van der Waals surface area contributed by atoms with E-state index in [1.807, 2.05) is 0 Å². The third-order valence-electron chi connectivity index (χ3n) is 4.17. The SMILES string of the molecule is COP(=O)(Nc1cc(S(=O)CC(=O)O)c(O)c2ccccc12)c1ccc(Br)cc1. The Hall–Kier alpha value is -2.19. The number of nitrogens with one attached hydrogen (secondary N) is 1. The zero-order valence-corrected chi connectivity index (χ0v) is 18.5. The van der Waals surface area contributed by atoms with Gasteiger partial charge in [0.15, 0.2) is 0 Å². The summed E-state index contributed by atoms with van der Waals surface area (Å²) in [6, 6.07) is 14.8. The van der Waals surface area contributed by atoms with Gasteiger partial charge in [-0.2, -0.15) is 0 Å². The fourth-order valence-corrected chi connectivity index (χ4v) is 5.50. The van der Waals surface area contributed by atoms with Crippen LogP contribution in [0, 0.1) is 0 Å². The number of aromatic hydroxyl groups is 1. The lowest BCUT2D eigenvalue weighted by Crippen LogP contribution is -2.14. The summed E-state index contributed by atoms with van der Waals surface area (Å²) < 4.78 is 32.0. The lowest BCUT2D eigenvalue weighted by Gasteiger charge is -2.21. The summed E-state index contributed by atoms with van der Waals surface area (Å²) in [5, 5.41) is 23.7. The zero-order chi connectivity index (χ0) is 21.2. The Morgan fingerprint density at radius 1 is 1.17 bits per heavy atom. The number of hydrogen-bond donors (Lipinski definition) is 3. The van der Waals surface area contributed by atoms with Gasteiger partial charge in [0.05, 0.1) is 26.7 Å². The molecule has 3 N–H and O–H groups in total. The molecule has 0 radical (unpaired) electrons. The number of carbonyl (C=O) groups is 1.